The van der Waals surface area contributed by atoms with Gasteiger partial charge >= 0.3 is 5.97 Å². The molecule has 2 aromatic rings. The number of rotatable bonds is 3. The third-order valence-electron chi connectivity index (χ3n) is 2.55. The van der Waals surface area contributed by atoms with E-state index in [-0.39, 0.29) is 5.69 Å². The third kappa shape index (κ3) is 2.33. The van der Waals surface area contributed by atoms with Crippen molar-refractivity contribution in [3.8, 4) is 0 Å². The first-order chi connectivity index (χ1) is 8.08. The zero-order chi connectivity index (χ0) is 12.4. The van der Waals surface area contributed by atoms with Crippen molar-refractivity contribution in [2.75, 3.05) is 0 Å². The Morgan fingerprint density at radius 1 is 1.35 bits per heavy atom. The normalized spacial score (nSPS) is 10.5. The second-order valence-electron chi connectivity index (χ2n) is 3.95. The van der Waals surface area contributed by atoms with E-state index in [1.54, 1.807) is 23.9 Å². The van der Waals surface area contributed by atoms with Gasteiger partial charge in [-0.05, 0) is 25.0 Å². The van der Waals surface area contributed by atoms with Crippen LogP contribution in [0.1, 0.15) is 27.4 Å². The van der Waals surface area contributed by atoms with E-state index in [0.717, 1.165) is 11.1 Å². The quantitative estimate of drug-likeness (QED) is 0.871. The first kappa shape index (κ1) is 11.3. The smallest absolute Gasteiger partial charge is 0.354 e. The van der Waals surface area contributed by atoms with Crippen molar-refractivity contribution >= 4 is 5.97 Å². The number of aromatic carboxylic acids is 1. The topological polar surface area (TPSA) is 68.0 Å². The van der Waals surface area contributed by atoms with Crippen molar-refractivity contribution in [1.29, 1.82) is 0 Å². The molecule has 0 saturated heterocycles. The summed E-state index contributed by atoms with van der Waals surface area (Å²) in [7, 11) is 0. The molecule has 0 amide bonds. The van der Waals surface area contributed by atoms with Crippen LogP contribution in [0.2, 0.25) is 0 Å². The van der Waals surface area contributed by atoms with Gasteiger partial charge in [-0.15, -0.1) is 0 Å². The summed E-state index contributed by atoms with van der Waals surface area (Å²) in [5, 5.41) is 9.04. The molecule has 2 heterocycles. The van der Waals surface area contributed by atoms with Crippen LogP contribution in [0.15, 0.2) is 24.7 Å². The van der Waals surface area contributed by atoms with E-state index in [2.05, 4.69) is 9.97 Å². The molecule has 0 bridgehead atoms. The first-order valence-electron chi connectivity index (χ1n) is 5.24. The number of hydrogen-bond donors (Lipinski definition) is 1. The number of carboxylic acid groups (broad SMARTS) is 1. The van der Waals surface area contributed by atoms with E-state index in [1.165, 1.54) is 6.20 Å². The van der Waals surface area contributed by atoms with Crippen molar-refractivity contribution in [3.05, 3.63) is 47.3 Å². The lowest BCUT2D eigenvalue weighted by atomic mass is 10.2. The summed E-state index contributed by atoms with van der Waals surface area (Å²) in [6.07, 6.45) is 4.88. The standard InChI is InChI=1S/C12H13N3O2/c1-8-3-10(5-13-4-8)7-15-9(2)14-6-11(15)12(16)17/h3-6H,7H2,1-2H3,(H,16,17). The van der Waals surface area contributed by atoms with Gasteiger partial charge in [0.25, 0.3) is 0 Å². The van der Waals surface area contributed by atoms with Crippen molar-refractivity contribution in [1.82, 2.24) is 14.5 Å². The lowest BCUT2D eigenvalue weighted by Crippen LogP contribution is -2.11. The number of nitrogens with zero attached hydrogens (tertiary/aromatic N) is 3. The minimum absolute atomic E-state index is 0.198. The summed E-state index contributed by atoms with van der Waals surface area (Å²) < 4.78 is 1.67. The molecule has 88 valence electrons. The Bertz CT molecular complexity index is 561. The van der Waals surface area contributed by atoms with E-state index in [1.807, 2.05) is 13.0 Å². The van der Waals surface area contributed by atoms with Crippen LogP contribution in [0.25, 0.3) is 0 Å². The molecule has 17 heavy (non-hydrogen) atoms. The predicted molar refractivity (Wildman–Crippen MR) is 62.0 cm³/mol. The Balaban J connectivity index is 2.36. The molecule has 0 aliphatic carbocycles. The fraction of sp³-hybridized carbons (Fsp3) is 0.250. The number of aryl methyl sites for hydroxylation is 2. The largest absolute Gasteiger partial charge is 0.477 e. The summed E-state index contributed by atoms with van der Waals surface area (Å²) in [5.74, 6) is -0.282. The lowest BCUT2D eigenvalue weighted by Gasteiger charge is -2.08. The minimum atomic E-state index is -0.966. The van der Waals surface area contributed by atoms with Crippen molar-refractivity contribution < 1.29 is 9.90 Å². The summed E-state index contributed by atoms with van der Waals surface area (Å²) in [6.45, 7) is 4.22. The summed E-state index contributed by atoms with van der Waals surface area (Å²) in [6, 6.07) is 1.98. The summed E-state index contributed by atoms with van der Waals surface area (Å²) >= 11 is 0. The Morgan fingerprint density at radius 3 is 2.76 bits per heavy atom. The van der Waals surface area contributed by atoms with Crippen molar-refractivity contribution in [2.45, 2.75) is 20.4 Å². The SMILES string of the molecule is Cc1cncc(Cn2c(C(=O)O)cnc2C)c1. The Morgan fingerprint density at radius 2 is 2.12 bits per heavy atom. The van der Waals surface area contributed by atoms with Gasteiger partial charge in [-0.1, -0.05) is 6.07 Å². The lowest BCUT2D eigenvalue weighted by molar-refractivity contribution is 0.0685. The van der Waals surface area contributed by atoms with Gasteiger partial charge in [0.15, 0.2) is 0 Å². The van der Waals surface area contributed by atoms with Gasteiger partial charge in [0.05, 0.1) is 12.7 Å². The number of pyridine rings is 1. The van der Waals surface area contributed by atoms with E-state index in [0.29, 0.717) is 12.4 Å². The zero-order valence-corrected chi connectivity index (χ0v) is 9.71. The van der Waals surface area contributed by atoms with Gasteiger partial charge in [0.1, 0.15) is 11.5 Å². The Labute approximate surface area is 98.8 Å². The van der Waals surface area contributed by atoms with Crippen LogP contribution in [0.4, 0.5) is 0 Å². The fourth-order valence-corrected chi connectivity index (χ4v) is 1.73. The highest BCUT2D eigenvalue weighted by molar-refractivity contribution is 5.85. The highest BCUT2D eigenvalue weighted by atomic mass is 16.4. The third-order valence-corrected chi connectivity index (χ3v) is 2.55. The maximum absolute atomic E-state index is 11.0. The van der Waals surface area contributed by atoms with Crippen LogP contribution < -0.4 is 0 Å². The summed E-state index contributed by atoms with van der Waals surface area (Å²) in [5.41, 5.74) is 2.22. The average molecular weight is 231 g/mol. The molecule has 2 rings (SSSR count). The second-order valence-corrected chi connectivity index (χ2v) is 3.95. The molecule has 0 atom stereocenters. The van der Waals surface area contributed by atoms with E-state index in [9.17, 15) is 4.79 Å². The monoisotopic (exact) mass is 231 g/mol. The highest BCUT2D eigenvalue weighted by Crippen LogP contribution is 2.10. The van der Waals surface area contributed by atoms with Crippen LogP contribution in [0.3, 0.4) is 0 Å². The molecule has 5 heteroatoms. The van der Waals surface area contributed by atoms with Gasteiger partial charge in [-0.3, -0.25) is 4.98 Å². The van der Waals surface area contributed by atoms with Crippen molar-refractivity contribution in [2.24, 2.45) is 0 Å². The molecule has 2 aromatic heterocycles. The van der Waals surface area contributed by atoms with Gasteiger partial charge in [-0.2, -0.15) is 0 Å². The van der Waals surface area contributed by atoms with Crippen LogP contribution >= 0.6 is 0 Å². The van der Waals surface area contributed by atoms with E-state index >= 15 is 0 Å². The van der Waals surface area contributed by atoms with E-state index in [4.69, 9.17) is 5.11 Å². The number of carboxylic acids is 1. The molecular weight excluding hydrogens is 218 g/mol. The molecule has 0 aliphatic rings. The number of hydrogen-bond acceptors (Lipinski definition) is 3. The minimum Gasteiger partial charge on any atom is -0.477 e. The molecule has 0 spiro atoms. The van der Waals surface area contributed by atoms with Crippen LogP contribution in [0.5, 0.6) is 0 Å². The maximum atomic E-state index is 11.0. The highest BCUT2D eigenvalue weighted by Gasteiger charge is 2.13. The van der Waals surface area contributed by atoms with Crippen LogP contribution in [0, 0.1) is 13.8 Å². The van der Waals surface area contributed by atoms with E-state index < -0.39 is 5.97 Å². The molecule has 1 N–H and O–H groups in total. The molecule has 0 fully saturated rings. The second kappa shape index (κ2) is 4.37. The Kier molecular flexibility index (Phi) is 2.91. The van der Waals surface area contributed by atoms with Crippen LogP contribution in [-0.2, 0) is 6.54 Å². The Hall–Kier alpha value is -2.17. The van der Waals surface area contributed by atoms with Crippen LogP contribution in [-0.4, -0.2) is 25.6 Å². The van der Waals surface area contributed by atoms with Crippen molar-refractivity contribution in [3.63, 3.8) is 0 Å². The number of imidazole rings is 1. The molecule has 0 radical (unpaired) electrons. The number of aromatic nitrogens is 3. The molecular formula is C12H13N3O2. The maximum Gasteiger partial charge on any atom is 0.354 e. The molecule has 0 unspecified atom stereocenters. The van der Waals surface area contributed by atoms with Gasteiger partial charge < -0.3 is 9.67 Å². The zero-order valence-electron chi connectivity index (χ0n) is 9.71. The molecule has 0 aromatic carbocycles. The van der Waals surface area contributed by atoms with Gasteiger partial charge in [-0.25, -0.2) is 9.78 Å². The molecule has 5 nitrogen and oxygen atoms in total. The van der Waals surface area contributed by atoms with Gasteiger partial charge in [0, 0.05) is 12.4 Å². The number of carbonyl (C=O) groups is 1. The predicted octanol–water partition coefficient (Wildman–Crippen LogP) is 1.64. The fourth-order valence-electron chi connectivity index (χ4n) is 1.73. The first-order valence-corrected chi connectivity index (χ1v) is 5.24. The molecule has 0 aliphatic heterocycles. The van der Waals surface area contributed by atoms with Gasteiger partial charge in [0.2, 0.25) is 0 Å². The summed E-state index contributed by atoms with van der Waals surface area (Å²) in [4.78, 5) is 19.1. The molecule has 0 saturated carbocycles. The average Bonchev–Trinajstić information content (AvgIpc) is 2.61.